The Hall–Kier alpha value is -1.68. The van der Waals surface area contributed by atoms with Crippen LogP contribution in [0.1, 0.15) is 47.4 Å². The zero-order chi connectivity index (χ0) is 13.3. The predicted molar refractivity (Wildman–Crippen MR) is 69.3 cm³/mol. The molecule has 1 aliphatic rings. The molecule has 0 radical (unpaired) electrons. The first kappa shape index (κ1) is 12.8. The fourth-order valence-corrected chi connectivity index (χ4v) is 2.42. The molecular weight excluding hydrogens is 228 g/mol. The van der Waals surface area contributed by atoms with E-state index in [2.05, 4.69) is 0 Å². The van der Waals surface area contributed by atoms with Gasteiger partial charge in [0.1, 0.15) is 0 Å². The van der Waals surface area contributed by atoms with Gasteiger partial charge in [-0.1, -0.05) is 19.1 Å². The molecule has 96 valence electrons. The maximum Gasteiger partial charge on any atom is 0.261 e. The van der Waals surface area contributed by atoms with E-state index in [-0.39, 0.29) is 23.9 Å². The smallest absolute Gasteiger partial charge is 0.261 e. The van der Waals surface area contributed by atoms with Crippen LogP contribution >= 0.6 is 0 Å². The molecule has 0 aliphatic carbocycles. The normalized spacial score (nSPS) is 17.8. The van der Waals surface area contributed by atoms with Crippen LogP contribution in [0.25, 0.3) is 0 Å². The van der Waals surface area contributed by atoms with Gasteiger partial charge in [-0.3, -0.25) is 14.5 Å². The zero-order valence-corrected chi connectivity index (χ0v) is 10.7. The first-order valence-corrected chi connectivity index (χ1v) is 6.28. The van der Waals surface area contributed by atoms with Gasteiger partial charge in [-0.05, 0) is 31.9 Å². The third-order valence-electron chi connectivity index (χ3n) is 3.31. The molecule has 2 atom stereocenters. The standard InChI is InChI=1S/C14H18N2O2/c1-3-10(8-9(2)15)16-13(17)11-6-4-5-7-12(11)14(16)18/h4-7,9-10H,3,8,15H2,1-2H3. The lowest BCUT2D eigenvalue weighted by Crippen LogP contribution is -2.42. The second kappa shape index (κ2) is 4.90. The van der Waals surface area contributed by atoms with Crippen molar-refractivity contribution < 1.29 is 9.59 Å². The van der Waals surface area contributed by atoms with Crippen LogP contribution < -0.4 is 5.73 Å². The SMILES string of the molecule is CCC(CC(C)N)N1C(=O)c2ccccc2C1=O. The lowest BCUT2D eigenvalue weighted by molar-refractivity contribution is 0.0568. The molecule has 4 nitrogen and oxygen atoms in total. The van der Waals surface area contributed by atoms with Crippen molar-refractivity contribution in [3.05, 3.63) is 35.4 Å². The molecule has 4 heteroatoms. The summed E-state index contributed by atoms with van der Waals surface area (Å²) in [4.78, 5) is 25.9. The van der Waals surface area contributed by atoms with Gasteiger partial charge in [0.15, 0.2) is 0 Å². The molecule has 1 heterocycles. The maximum atomic E-state index is 12.3. The van der Waals surface area contributed by atoms with Gasteiger partial charge >= 0.3 is 0 Å². The van der Waals surface area contributed by atoms with Crippen molar-refractivity contribution >= 4 is 11.8 Å². The number of nitrogens with zero attached hydrogens (tertiary/aromatic N) is 1. The lowest BCUT2D eigenvalue weighted by atomic mass is 10.1. The van der Waals surface area contributed by atoms with Gasteiger partial charge in [0, 0.05) is 12.1 Å². The Morgan fingerprint density at radius 2 is 1.67 bits per heavy atom. The van der Waals surface area contributed by atoms with E-state index in [4.69, 9.17) is 5.73 Å². The highest BCUT2D eigenvalue weighted by atomic mass is 16.2. The molecule has 1 aromatic carbocycles. The van der Waals surface area contributed by atoms with Crippen LogP contribution in [0, 0.1) is 0 Å². The second-order valence-electron chi connectivity index (χ2n) is 4.80. The fourth-order valence-electron chi connectivity index (χ4n) is 2.42. The van der Waals surface area contributed by atoms with Gasteiger partial charge in [0.05, 0.1) is 11.1 Å². The number of amides is 2. The van der Waals surface area contributed by atoms with E-state index in [0.717, 1.165) is 6.42 Å². The number of carbonyl (C=O) groups is 2. The third-order valence-corrected chi connectivity index (χ3v) is 3.31. The summed E-state index contributed by atoms with van der Waals surface area (Å²) >= 11 is 0. The number of rotatable bonds is 4. The van der Waals surface area contributed by atoms with Crippen molar-refractivity contribution in [1.29, 1.82) is 0 Å². The van der Waals surface area contributed by atoms with Crippen molar-refractivity contribution in [1.82, 2.24) is 4.90 Å². The molecule has 0 saturated carbocycles. The third kappa shape index (κ3) is 2.04. The molecular formula is C14H18N2O2. The molecule has 0 spiro atoms. The van der Waals surface area contributed by atoms with E-state index in [0.29, 0.717) is 17.5 Å². The number of fused-ring (bicyclic) bond motifs is 1. The van der Waals surface area contributed by atoms with Crippen molar-refractivity contribution in [2.24, 2.45) is 5.73 Å². The summed E-state index contributed by atoms with van der Waals surface area (Å²) in [5.41, 5.74) is 6.79. The van der Waals surface area contributed by atoms with Gasteiger partial charge in [0.25, 0.3) is 11.8 Å². The maximum absolute atomic E-state index is 12.3. The van der Waals surface area contributed by atoms with Crippen LogP contribution in [0.4, 0.5) is 0 Å². The highest BCUT2D eigenvalue weighted by Gasteiger charge is 2.39. The Bertz CT molecular complexity index is 447. The van der Waals surface area contributed by atoms with E-state index in [1.54, 1.807) is 24.3 Å². The van der Waals surface area contributed by atoms with Crippen molar-refractivity contribution in [3.63, 3.8) is 0 Å². The van der Waals surface area contributed by atoms with Gasteiger partial charge in [-0.25, -0.2) is 0 Å². The molecule has 1 aliphatic heterocycles. The van der Waals surface area contributed by atoms with E-state index in [9.17, 15) is 9.59 Å². The summed E-state index contributed by atoms with van der Waals surface area (Å²) in [7, 11) is 0. The molecule has 2 amide bonds. The molecule has 0 aromatic heterocycles. The number of hydrogen-bond donors (Lipinski definition) is 1. The summed E-state index contributed by atoms with van der Waals surface area (Å²) in [6.45, 7) is 3.86. The second-order valence-corrected chi connectivity index (χ2v) is 4.80. The van der Waals surface area contributed by atoms with Crippen molar-refractivity contribution in [2.45, 2.75) is 38.8 Å². The highest BCUT2D eigenvalue weighted by Crippen LogP contribution is 2.26. The zero-order valence-electron chi connectivity index (χ0n) is 10.7. The van der Waals surface area contributed by atoms with Gasteiger partial charge in [-0.15, -0.1) is 0 Å². The van der Waals surface area contributed by atoms with Crippen LogP contribution in [-0.2, 0) is 0 Å². The molecule has 2 rings (SSSR count). The molecule has 0 fully saturated rings. The Balaban J connectivity index is 2.32. The monoisotopic (exact) mass is 246 g/mol. The lowest BCUT2D eigenvalue weighted by Gasteiger charge is -2.26. The average molecular weight is 246 g/mol. The van der Waals surface area contributed by atoms with Crippen LogP contribution in [0.5, 0.6) is 0 Å². The minimum atomic E-state index is -0.192. The predicted octanol–water partition coefficient (Wildman–Crippen LogP) is 1.80. The fraction of sp³-hybridized carbons (Fsp3) is 0.429. The van der Waals surface area contributed by atoms with Crippen LogP contribution in [-0.4, -0.2) is 28.8 Å². The molecule has 2 N–H and O–H groups in total. The van der Waals surface area contributed by atoms with Crippen molar-refractivity contribution in [3.8, 4) is 0 Å². The molecule has 0 bridgehead atoms. The van der Waals surface area contributed by atoms with Crippen molar-refractivity contribution in [2.75, 3.05) is 0 Å². The molecule has 0 saturated heterocycles. The van der Waals surface area contributed by atoms with E-state index in [1.165, 1.54) is 4.90 Å². The largest absolute Gasteiger partial charge is 0.328 e. The quantitative estimate of drug-likeness (QED) is 0.824. The Labute approximate surface area is 107 Å². The summed E-state index contributed by atoms with van der Waals surface area (Å²) < 4.78 is 0. The van der Waals surface area contributed by atoms with Crippen LogP contribution in [0.2, 0.25) is 0 Å². The molecule has 1 aromatic rings. The summed E-state index contributed by atoms with van der Waals surface area (Å²) in [6.07, 6.45) is 1.37. The van der Waals surface area contributed by atoms with Crippen LogP contribution in [0.15, 0.2) is 24.3 Å². The Kier molecular flexibility index (Phi) is 3.48. The summed E-state index contributed by atoms with van der Waals surface area (Å²) in [5.74, 6) is -0.383. The van der Waals surface area contributed by atoms with Gasteiger partial charge in [0.2, 0.25) is 0 Å². The molecule has 18 heavy (non-hydrogen) atoms. The summed E-state index contributed by atoms with van der Waals surface area (Å²) in [5, 5.41) is 0. The van der Waals surface area contributed by atoms with E-state index < -0.39 is 0 Å². The number of carbonyl (C=O) groups excluding carboxylic acids is 2. The minimum Gasteiger partial charge on any atom is -0.328 e. The topological polar surface area (TPSA) is 63.4 Å². The van der Waals surface area contributed by atoms with Crippen LogP contribution in [0.3, 0.4) is 0 Å². The molecule has 2 unspecified atom stereocenters. The van der Waals surface area contributed by atoms with E-state index >= 15 is 0 Å². The number of benzene rings is 1. The van der Waals surface area contributed by atoms with Gasteiger partial charge in [-0.2, -0.15) is 0 Å². The van der Waals surface area contributed by atoms with Gasteiger partial charge < -0.3 is 5.73 Å². The first-order chi connectivity index (χ1) is 8.56. The Morgan fingerprint density at radius 1 is 1.17 bits per heavy atom. The Morgan fingerprint density at radius 3 is 2.06 bits per heavy atom. The number of hydrogen-bond acceptors (Lipinski definition) is 3. The average Bonchev–Trinajstić information content (AvgIpc) is 2.60. The first-order valence-electron chi connectivity index (χ1n) is 6.28. The van der Waals surface area contributed by atoms with E-state index in [1.807, 2.05) is 13.8 Å². The number of imide groups is 1. The summed E-state index contributed by atoms with van der Waals surface area (Å²) in [6, 6.07) is 6.82. The minimum absolute atomic E-state index is 0.0285. The highest BCUT2D eigenvalue weighted by molar-refractivity contribution is 6.21. The number of nitrogens with two attached hydrogens (primary N) is 1.